The average Bonchev–Trinajstić information content (AvgIpc) is 2.66. The molecule has 1 amide bonds. The summed E-state index contributed by atoms with van der Waals surface area (Å²) in [4.78, 5) is 24.9. The van der Waals surface area contributed by atoms with Crippen molar-refractivity contribution in [3.63, 3.8) is 0 Å². The van der Waals surface area contributed by atoms with Crippen molar-refractivity contribution in [1.29, 1.82) is 0 Å². The molecule has 7 heteroatoms. The van der Waals surface area contributed by atoms with Gasteiger partial charge in [-0.3, -0.25) is 4.79 Å². The molecular formula is C18H20F2N4O. The Balaban J connectivity index is 1.77. The molecule has 5 nitrogen and oxygen atoms in total. The molecule has 0 bridgehead atoms. The van der Waals surface area contributed by atoms with E-state index in [1.807, 2.05) is 11.8 Å². The molecule has 1 atom stereocenters. The van der Waals surface area contributed by atoms with Gasteiger partial charge in [0, 0.05) is 43.8 Å². The van der Waals surface area contributed by atoms with E-state index in [0.717, 1.165) is 31.5 Å². The number of carbonyl (C=O) groups excluding carboxylic acids is 1. The number of aromatic nitrogens is 2. The Bertz CT molecular complexity index is 741. The van der Waals surface area contributed by atoms with Crippen LogP contribution in [0.1, 0.15) is 19.8 Å². The molecule has 0 radical (unpaired) electrons. The molecule has 3 rings (SSSR count). The molecular weight excluding hydrogens is 326 g/mol. The van der Waals surface area contributed by atoms with Gasteiger partial charge in [-0.25, -0.2) is 18.7 Å². The molecule has 1 fully saturated rings. The first kappa shape index (κ1) is 17.3. The van der Waals surface area contributed by atoms with Gasteiger partial charge >= 0.3 is 0 Å². The van der Waals surface area contributed by atoms with E-state index in [-0.39, 0.29) is 11.8 Å². The number of rotatable bonds is 4. The first-order chi connectivity index (χ1) is 12.1. The topological polar surface area (TPSA) is 49.3 Å². The monoisotopic (exact) mass is 346 g/mol. The molecule has 0 saturated carbocycles. The fraction of sp³-hybridized carbons (Fsp3) is 0.389. The second-order valence-corrected chi connectivity index (χ2v) is 6.01. The SMILES string of the molecule is CCN(C(=O)C1CCCN(c2ncccn2)C1)c1ccc(F)c(F)c1. The number of nitrogens with zero attached hydrogens (tertiary/aromatic N) is 4. The minimum Gasteiger partial charge on any atom is -0.340 e. The fourth-order valence-electron chi connectivity index (χ4n) is 3.15. The maximum Gasteiger partial charge on any atom is 0.231 e. The minimum atomic E-state index is -0.952. The van der Waals surface area contributed by atoms with Crippen LogP contribution in [0.15, 0.2) is 36.7 Å². The fourth-order valence-corrected chi connectivity index (χ4v) is 3.15. The molecule has 0 N–H and O–H groups in total. The number of anilines is 2. The summed E-state index contributed by atoms with van der Waals surface area (Å²) >= 11 is 0. The zero-order chi connectivity index (χ0) is 17.8. The lowest BCUT2D eigenvalue weighted by Crippen LogP contribution is -2.45. The predicted octanol–water partition coefficient (Wildman–Crippen LogP) is 3.02. The summed E-state index contributed by atoms with van der Waals surface area (Å²) in [6.07, 6.45) is 4.95. The molecule has 2 aromatic rings. The molecule has 1 unspecified atom stereocenters. The van der Waals surface area contributed by atoms with E-state index in [4.69, 9.17) is 0 Å². The van der Waals surface area contributed by atoms with Crippen molar-refractivity contribution in [2.75, 3.05) is 29.4 Å². The van der Waals surface area contributed by atoms with Gasteiger partial charge in [-0.2, -0.15) is 0 Å². The molecule has 132 valence electrons. The van der Waals surface area contributed by atoms with Crippen LogP contribution in [0.2, 0.25) is 0 Å². The molecule has 1 aliphatic rings. The van der Waals surface area contributed by atoms with Crippen LogP contribution in [0.25, 0.3) is 0 Å². The number of halogens is 2. The highest BCUT2D eigenvalue weighted by Crippen LogP contribution is 2.25. The summed E-state index contributed by atoms with van der Waals surface area (Å²) in [7, 11) is 0. The standard InChI is InChI=1S/C18H20F2N4O/c1-2-24(14-6-7-15(19)16(20)11-14)17(25)13-5-3-10-23(12-13)18-21-8-4-9-22-18/h4,6-9,11,13H,2-3,5,10,12H2,1H3. The molecule has 0 spiro atoms. The van der Waals surface area contributed by atoms with Crippen LogP contribution in [-0.4, -0.2) is 35.5 Å². The Morgan fingerprint density at radius 2 is 2.04 bits per heavy atom. The number of hydrogen-bond donors (Lipinski definition) is 0. The van der Waals surface area contributed by atoms with Crippen LogP contribution < -0.4 is 9.80 Å². The lowest BCUT2D eigenvalue weighted by atomic mass is 9.96. The van der Waals surface area contributed by atoms with Crippen molar-refractivity contribution >= 4 is 17.5 Å². The number of piperidine rings is 1. The van der Waals surface area contributed by atoms with Gasteiger partial charge < -0.3 is 9.80 Å². The Morgan fingerprint density at radius 3 is 2.72 bits per heavy atom. The quantitative estimate of drug-likeness (QED) is 0.854. The molecule has 25 heavy (non-hydrogen) atoms. The number of benzene rings is 1. The smallest absolute Gasteiger partial charge is 0.231 e. The number of carbonyl (C=O) groups is 1. The molecule has 1 aromatic carbocycles. The van der Waals surface area contributed by atoms with Gasteiger partial charge in [0.05, 0.1) is 5.92 Å². The van der Waals surface area contributed by atoms with E-state index in [0.29, 0.717) is 24.7 Å². The summed E-state index contributed by atoms with van der Waals surface area (Å²) in [5, 5.41) is 0. The van der Waals surface area contributed by atoms with E-state index in [9.17, 15) is 13.6 Å². The van der Waals surface area contributed by atoms with Crippen LogP contribution in [0.4, 0.5) is 20.4 Å². The van der Waals surface area contributed by atoms with Crippen molar-refractivity contribution < 1.29 is 13.6 Å². The van der Waals surface area contributed by atoms with Crippen molar-refractivity contribution in [2.45, 2.75) is 19.8 Å². The largest absolute Gasteiger partial charge is 0.340 e. The van der Waals surface area contributed by atoms with Crippen LogP contribution in [0, 0.1) is 17.6 Å². The molecule has 0 aliphatic carbocycles. The van der Waals surface area contributed by atoms with Gasteiger partial charge in [0.2, 0.25) is 11.9 Å². The number of hydrogen-bond acceptors (Lipinski definition) is 4. The van der Waals surface area contributed by atoms with E-state index >= 15 is 0 Å². The van der Waals surface area contributed by atoms with Crippen LogP contribution >= 0.6 is 0 Å². The van der Waals surface area contributed by atoms with Crippen molar-refractivity contribution in [1.82, 2.24) is 9.97 Å². The van der Waals surface area contributed by atoms with Gasteiger partial charge in [0.25, 0.3) is 0 Å². The third-order valence-electron chi connectivity index (χ3n) is 4.40. The highest BCUT2D eigenvalue weighted by molar-refractivity contribution is 5.95. The second kappa shape index (κ2) is 7.55. The van der Waals surface area contributed by atoms with Gasteiger partial charge in [0.15, 0.2) is 11.6 Å². The van der Waals surface area contributed by atoms with Gasteiger partial charge in [-0.15, -0.1) is 0 Å². The summed E-state index contributed by atoms with van der Waals surface area (Å²) in [5.74, 6) is -1.58. The number of amides is 1. The molecule has 1 aromatic heterocycles. The van der Waals surface area contributed by atoms with Crippen LogP contribution in [0.5, 0.6) is 0 Å². The molecule has 1 saturated heterocycles. The van der Waals surface area contributed by atoms with E-state index in [1.165, 1.54) is 11.0 Å². The van der Waals surface area contributed by atoms with Crippen molar-refractivity contribution in [3.05, 3.63) is 48.3 Å². The van der Waals surface area contributed by atoms with Crippen LogP contribution in [-0.2, 0) is 4.79 Å². The normalized spacial score (nSPS) is 17.4. The van der Waals surface area contributed by atoms with Crippen molar-refractivity contribution in [3.8, 4) is 0 Å². The Morgan fingerprint density at radius 1 is 1.28 bits per heavy atom. The van der Waals surface area contributed by atoms with E-state index < -0.39 is 11.6 Å². The van der Waals surface area contributed by atoms with Gasteiger partial charge in [-0.1, -0.05) is 0 Å². The van der Waals surface area contributed by atoms with E-state index in [2.05, 4.69) is 9.97 Å². The van der Waals surface area contributed by atoms with Gasteiger partial charge in [-0.05, 0) is 38.0 Å². The summed E-state index contributed by atoms with van der Waals surface area (Å²) in [6.45, 7) is 3.52. The predicted molar refractivity (Wildman–Crippen MR) is 91.4 cm³/mol. The maximum absolute atomic E-state index is 13.5. The maximum atomic E-state index is 13.5. The second-order valence-electron chi connectivity index (χ2n) is 6.01. The highest BCUT2D eigenvalue weighted by Gasteiger charge is 2.30. The lowest BCUT2D eigenvalue weighted by molar-refractivity contribution is -0.122. The van der Waals surface area contributed by atoms with Crippen LogP contribution in [0.3, 0.4) is 0 Å². The summed E-state index contributed by atoms with van der Waals surface area (Å²) in [5.41, 5.74) is 0.375. The third-order valence-corrected chi connectivity index (χ3v) is 4.40. The first-order valence-corrected chi connectivity index (χ1v) is 8.38. The third kappa shape index (κ3) is 3.75. The van der Waals surface area contributed by atoms with E-state index in [1.54, 1.807) is 18.5 Å². The van der Waals surface area contributed by atoms with Gasteiger partial charge in [0.1, 0.15) is 0 Å². The average molecular weight is 346 g/mol. The Hall–Kier alpha value is -2.57. The molecule has 2 heterocycles. The summed E-state index contributed by atoms with van der Waals surface area (Å²) in [6, 6.07) is 5.29. The zero-order valence-corrected chi connectivity index (χ0v) is 14.0. The minimum absolute atomic E-state index is 0.0888. The summed E-state index contributed by atoms with van der Waals surface area (Å²) < 4.78 is 26.7. The Labute approximate surface area is 145 Å². The Kier molecular flexibility index (Phi) is 5.21. The lowest BCUT2D eigenvalue weighted by Gasteiger charge is -2.34. The molecule has 1 aliphatic heterocycles. The van der Waals surface area contributed by atoms with Crippen molar-refractivity contribution in [2.24, 2.45) is 5.92 Å². The first-order valence-electron chi connectivity index (χ1n) is 8.38. The highest BCUT2D eigenvalue weighted by atomic mass is 19.2. The zero-order valence-electron chi connectivity index (χ0n) is 14.0.